The number of aliphatic hydroxyl groups excluding tert-OH is 1. The molecule has 2 atom stereocenters. The molecule has 0 aliphatic carbocycles. The van der Waals surface area contributed by atoms with E-state index in [1.807, 2.05) is 6.92 Å². The number of hydrogen-bond donors (Lipinski definition) is 3. The molecular formula is C18H32IN3O5S2. The SMILES string of the molecule is CCNC(=NCC(O)CS(=O)(=O)c1cccs1)NCCCOCC1CCCO1.I. The molecule has 0 bridgehead atoms. The number of aliphatic hydroxyl groups is 1. The Labute approximate surface area is 194 Å². The first-order valence-corrected chi connectivity index (χ1v) is 12.2. The van der Waals surface area contributed by atoms with Gasteiger partial charge >= 0.3 is 0 Å². The minimum absolute atomic E-state index is 0. The Morgan fingerprint density at radius 3 is 2.97 bits per heavy atom. The molecule has 1 aromatic heterocycles. The first-order valence-electron chi connectivity index (χ1n) is 9.67. The molecule has 0 amide bonds. The summed E-state index contributed by atoms with van der Waals surface area (Å²) in [7, 11) is -3.48. The highest BCUT2D eigenvalue weighted by Crippen LogP contribution is 2.18. The summed E-state index contributed by atoms with van der Waals surface area (Å²) in [4.78, 5) is 4.28. The highest BCUT2D eigenvalue weighted by Gasteiger charge is 2.20. The number of hydrogen-bond acceptors (Lipinski definition) is 7. The van der Waals surface area contributed by atoms with E-state index < -0.39 is 15.9 Å². The minimum Gasteiger partial charge on any atom is -0.390 e. The van der Waals surface area contributed by atoms with Crippen LogP contribution in [-0.4, -0.2) is 76.9 Å². The Hall–Kier alpha value is -0.470. The first kappa shape index (κ1) is 26.6. The molecule has 11 heteroatoms. The van der Waals surface area contributed by atoms with Gasteiger partial charge in [-0.2, -0.15) is 0 Å². The highest BCUT2D eigenvalue weighted by molar-refractivity contribution is 14.0. The molecule has 168 valence electrons. The molecule has 1 saturated heterocycles. The Balaban J connectivity index is 0.00000420. The standard InChI is InChI=1S/C18H31N3O5S2.HI/c1-2-19-18(20-8-5-9-25-13-16-6-3-10-26-16)21-12-15(22)14-28(23,24)17-7-4-11-27-17;/h4,7,11,15-16,22H,2-3,5-6,8-10,12-14H2,1H3,(H2,19,20,21);1H. The topological polar surface area (TPSA) is 109 Å². The average Bonchev–Trinajstić information content (AvgIpc) is 3.36. The van der Waals surface area contributed by atoms with Crippen molar-refractivity contribution in [1.29, 1.82) is 0 Å². The summed E-state index contributed by atoms with van der Waals surface area (Å²) in [5, 5.41) is 18.0. The molecule has 2 heterocycles. The highest BCUT2D eigenvalue weighted by atomic mass is 127. The van der Waals surface area contributed by atoms with Crippen molar-refractivity contribution in [2.24, 2.45) is 4.99 Å². The molecule has 0 radical (unpaired) electrons. The van der Waals surface area contributed by atoms with Gasteiger partial charge in [0.25, 0.3) is 0 Å². The number of guanidine groups is 1. The molecule has 29 heavy (non-hydrogen) atoms. The molecule has 1 aliphatic rings. The van der Waals surface area contributed by atoms with Crippen LogP contribution in [0.3, 0.4) is 0 Å². The van der Waals surface area contributed by atoms with Crippen molar-refractivity contribution in [2.45, 2.75) is 42.6 Å². The fourth-order valence-electron chi connectivity index (χ4n) is 2.74. The lowest BCUT2D eigenvalue weighted by molar-refractivity contribution is 0.0168. The average molecular weight is 562 g/mol. The molecule has 0 spiro atoms. The maximum absolute atomic E-state index is 12.2. The second kappa shape index (κ2) is 14.5. The smallest absolute Gasteiger partial charge is 0.191 e. The third kappa shape index (κ3) is 10.4. The number of nitrogens with zero attached hydrogens (tertiary/aromatic N) is 1. The van der Waals surface area contributed by atoms with Crippen LogP contribution in [0.2, 0.25) is 0 Å². The molecule has 1 aliphatic heterocycles. The molecule has 8 nitrogen and oxygen atoms in total. The van der Waals surface area contributed by atoms with E-state index in [9.17, 15) is 13.5 Å². The van der Waals surface area contributed by atoms with Crippen molar-refractivity contribution in [3.05, 3.63) is 17.5 Å². The van der Waals surface area contributed by atoms with Gasteiger partial charge in [-0.05, 0) is 37.6 Å². The number of ether oxygens (including phenoxy) is 2. The molecule has 2 unspecified atom stereocenters. The van der Waals surface area contributed by atoms with Crippen LogP contribution in [0.5, 0.6) is 0 Å². The Morgan fingerprint density at radius 1 is 1.48 bits per heavy atom. The molecule has 1 fully saturated rings. The van der Waals surface area contributed by atoms with Crippen LogP contribution < -0.4 is 10.6 Å². The van der Waals surface area contributed by atoms with Crippen LogP contribution in [0.15, 0.2) is 26.7 Å². The lowest BCUT2D eigenvalue weighted by Crippen LogP contribution is -2.39. The number of thiophene rings is 1. The summed E-state index contributed by atoms with van der Waals surface area (Å²) < 4.78 is 35.8. The second-order valence-electron chi connectivity index (χ2n) is 6.58. The van der Waals surface area contributed by atoms with Crippen molar-refractivity contribution in [3.8, 4) is 0 Å². The second-order valence-corrected chi connectivity index (χ2v) is 9.79. The van der Waals surface area contributed by atoms with Crippen LogP contribution in [0.1, 0.15) is 26.2 Å². The Morgan fingerprint density at radius 2 is 2.31 bits per heavy atom. The van der Waals surface area contributed by atoms with E-state index in [-0.39, 0.29) is 46.6 Å². The molecule has 0 aromatic carbocycles. The molecule has 1 aromatic rings. The fourth-order valence-corrected chi connectivity index (χ4v) is 5.21. The number of aliphatic imine (C=N–C) groups is 1. The van der Waals surface area contributed by atoms with Gasteiger partial charge in [0.2, 0.25) is 0 Å². The van der Waals surface area contributed by atoms with Gasteiger partial charge < -0.3 is 25.2 Å². The van der Waals surface area contributed by atoms with Crippen LogP contribution in [0, 0.1) is 0 Å². The zero-order valence-corrected chi connectivity index (χ0v) is 20.7. The third-order valence-corrected chi connectivity index (χ3v) is 7.39. The van der Waals surface area contributed by atoms with Gasteiger partial charge in [-0.15, -0.1) is 35.3 Å². The summed E-state index contributed by atoms with van der Waals surface area (Å²) in [5.41, 5.74) is 0. The predicted molar refractivity (Wildman–Crippen MR) is 126 cm³/mol. The largest absolute Gasteiger partial charge is 0.390 e. The van der Waals surface area contributed by atoms with Gasteiger partial charge in [-0.1, -0.05) is 6.07 Å². The van der Waals surface area contributed by atoms with Crippen molar-refractivity contribution in [3.63, 3.8) is 0 Å². The number of nitrogens with one attached hydrogen (secondary N) is 2. The van der Waals surface area contributed by atoms with Crippen molar-refractivity contribution >= 4 is 51.1 Å². The predicted octanol–water partition coefficient (Wildman–Crippen LogP) is 1.64. The van der Waals surface area contributed by atoms with Gasteiger partial charge in [0.15, 0.2) is 15.8 Å². The number of sulfone groups is 1. The van der Waals surface area contributed by atoms with Gasteiger partial charge in [-0.25, -0.2) is 8.42 Å². The normalized spacial score (nSPS) is 18.3. The summed E-state index contributed by atoms with van der Waals surface area (Å²) in [5.74, 6) is 0.210. The Kier molecular flexibility index (Phi) is 13.3. The van der Waals surface area contributed by atoms with E-state index in [2.05, 4.69) is 15.6 Å². The van der Waals surface area contributed by atoms with Crippen molar-refractivity contribution < 1.29 is 23.0 Å². The van der Waals surface area contributed by atoms with Gasteiger partial charge in [0.1, 0.15) is 4.21 Å². The van der Waals surface area contributed by atoms with Crippen LogP contribution >= 0.6 is 35.3 Å². The van der Waals surface area contributed by atoms with Crippen LogP contribution in [0.25, 0.3) is 0 Å². The van der Waals surface area contributed by atoms with Crippen LogP contribution in [0.4, 0.5) is 0 Å². The lowest BCUT2D eigenvalue weighted by atomic mass is 10.2. The van der Waals surface area contributed by atoms with E-state index in [0.29, 0.717) is 32.3 Å². The van der Waals surface area contributed by atoms with Gasteiger partial charge in [0.05, 0.1) is 31.1 Å². The molecule has 0 saturated carbocycles. The summed E-state index contributed by atoms with van der Waals surface area (Å²) in [6, 6.07) is 3.22. The van der Waals surface area contributed by atoms with Crippen molar-refractivity contribution in [2.75, 3.05) is 45.2 Å². The third-order valence-electron chi connectivity index (χ3n) is 4.10. The zero-order chi connectivity index (χ0) is 20.2. The Bertz CT molecular complexity index is 680. The van der Waals surface area contributed by atoms with Gasteiger partial charge in [0, 0.05) is 26.3 Å². The maximum atomic E-state index is 12.2. The molecule has 2 rings (SSSR count). The summed E-state index contributed by atoms with van der Waals surface area (Å²) >= 11 is 1.15. The summed E-state index contributed by atoms with van der Waals surface area (Å²) in [6.07, 6.45) is 2.17. The van der Waals surface area contributed by atoms with E-state index in [1.165, 1.54) is 0 Å². The van der Waals surface area contributed by atoms with E-state index >= 15 is 0 Å². The minimum atomic E-state index is -3.48. The van der Waals surface area contributed by atoms with Crippen molar-refractivity contribution in [1.82, 2.24) is 10.6 Å². The van der Waals surface area contributed by atoms with E-state index in [4.69, 9.17) is 9.47 Å². The zero-order valence-electron chi connectivity index (χ0n) is 16.7. The number of rotatable bonds is 12. The molecular weight excluding hydrogens is 529 g/mol. The maximum Gasteiger partial charge on any atom is 0.191 e. The number of halogens is 1. The molecule has 3 N–H and O–H groups in total. The van der Waals surface area contributed by atoms with Gasteiger partial charge in [-0.3, -0.25) is 4.99 Å². The van der Waals surface area contributed by atoms with Crippen LogP contribution in [-0.2, 0) is 19.3 Å². The van der Waals surface area contributed by atoms with E-state index in [1.54, 1.807) is 17.5 Å². The monoisotopic (exact) mass is 561 g/mol. The summed E-state index contributed by atoms with van der Waals surface area (Å²) in [6.45, 7) is 5.40. The fraction of sp³-hybridized carbons (Fsp3) is 0.722. The van der Waals surface area contributed by atoms with E-state index in [0.717, 1.165) is 37.2 Å². The quantitative estimate of drug-likeness (QED) is 0.154. The lowest BCUT2D eigenvalue weighted by Gasteiger charge is -2.14. The first-order chi connectivity index (χ1) is 13.5.